The maximum atomic E-state index is 12.4. The second-order valence-corrected chi connectivity index (χ2v) is 8.85. The lowest BCUT2D eigenvalue weighted by atomic mass is 9.82. The summed E-state index contributed by atoms with van der Waals surface area (Å²) < 4.78 is 5.71. The molecule has 0 spiro atoms. The maximum Gasteiger partial charge on any atom is 0.224 e. The Morgan fingerprint density at radius 3 is 2.23 bits per heavy atom. The van der Waals surface area contributed by atoms with Crippen LogP contribution in [0.3, 0.4) is 0 Å². The van der Waals surface area contributed by atoms with Gasteiger partial charge >= 0.3 is 0 Å². The van der Waals surface area contributed by atoms with Crippen molar-refractivity contribution >= 4 is 11.6 Å². The minimum Gasteiger partial charge on any atom is -0.381 e. The highest BCUT2D eigenvalue weighted by molar-refractivity contribution is 5.90. The van der Waals surface area contributed by atoms with Crippen molar-refractivity contribution in [1.29, 1.82) is 0 Å². The summed E-state index contributed by atoms with van der Waals surface area (Å²) in [6.45, 7) is 7.11. The van der Waals surface area contributed by atoms with Gasteiger partial charge in [-0.05, 0) is 43.4 Å². The van der Waals surface area contributed by atoms with E-state index in [1.165, 1.54) is 5.56 Å². The fourth-order valence-corrected chi connectivity index (χ4v) is 5.02. The van der Waals surface area contributed by atoms with Gasteiger partial charge < -0.3 is 10.1 Å². The molecule has 2 saturated heterocycles. The monoisotopic (exact) mass is 421 g/mol. The van der Waals surface area contributed by atoms with Gasteiger partial charge in [0.1, 0.15) is 0 Å². The molecule has 5 nitrogen and oxygen atoms in total. The summed E-state index contributed by atoms with van der Waals surface area (Å²) in [5.41, 5.74) is 2.45. The molecular formula is C26H35N3O2. The predicted octanol–water partition coefficient (Wildman–Crippen LogP) is 4.16. The van der Waals surface area contributed by atoms with E-state index in [1.807, 2.05) is 30.3 Å². The Morgan fingerprint density at radius 2 is 1.55 bits per heavy atom. The molecule has 2 aromatic carbocycles. The first kappa shape index (κ1) is 22.0. The molecule has 4 rings (SSSR count). The summed E-state index contributed by atoms with van der Waals surface area (Å²) in [5.74, 6) is 0.112. The van der Waals surface area contributed by atoms with Crippen molar-refractivity contribution in [3.63, 3.8) is 0 Å². The van der Waals surface area contributed by atoms with E-state index >= 15 is 0 Å². The zero-order valence-corrected chi connectivity index (χ0v) is 18.5. The molecule has 2 aromatic rings. The Labute approximate surface area is 186 Å². The standard InChI is InChI=1S/C26H35N3O2/c30-25(27-24-10-5-2-6-11-24)12-7-13-26(14-20-31-21-15-26)29-18-16-28(17-19-29)22-23-8-3-1-4-9-23/h1-6,8-11H,7,12-22H2,(H,27,30). The van der Waals surface area contributed by atoms with E-state index in [-0.39, 0.29) is 11.4 Å². The van der Waals surface area contributed by atoms with Crippen LogP contribution in [0.1, 0.15) is 37.7 Å². The summed E-state index contributed by atoms with van der Waals surface area (Å²) in [6.07, 6.45) is 4.71. The summed E-state index contributed by atoms with van der Waals surface area (Å²) in [4.78, 5) is 17.7. The average molecular weight is 422 g/mol. The lowest BCUT2D eigenvalue weighted by Crippen LogP contribution is -2.58. The fourth-order valence-electron chi connectivity index (χ4n) is 5.02. The fraction of sp³-hybridized carbons (Fsp3) is 0.500. The normalized spacial score (nSPS) is 19.7. The van der Waals surface area contributed by atoms with Crippen LogP contribution in [0, 0.1) is 0 Å². The predicted molar refractivity (Wildman–Crippen MR) is 125 cm³/mol. The van der Waals surface area contributed by atoms with Crippen LogP contribution in [0.15, 0.2) is 60.7 Å². The molecule has 31 heavy (non-hydrogen) atoms. The van der Waals surface area contributed by atoms with Crippen molar-refractivity contribution in [3.05, 3.63) is 66.2 Å². The molecule has 166 valence electrons. The van der Waals surface area contributed by atoms with E-state index in [9.17, 15) is 4.79 Å². The van der Waals surface area contributed by atoms with Crippen LogP contribution in [0.25, 0.3) is 0 Å². The van der Waals surface area contributed by atoms with Crippen molar-refractivity contribution < 1.29 is 9.53 Å². The Bertz CT molecular complexity index is 798. The number of nitrogens with zero attached hydrogens (tertiary/aromatic N) is 2. The van der Waals surface area contributed by atoms with Crippen molar-refractivity contribution in [2.24, 2.45) is 0 Å². The van der Waals surface area contributed by atoms with Crippen LogP contribution < -0.4 is 5.32 Å². The minimum absolute atomic E-state index is 0.112. The Hall–Kier alpha value is -2.21. The van der Waals surface area contributed by atoms with E-state index < -0.39 is 0 Å². The largest absolute Gasteiger partial charge is 0.381 e. The van der Waals surface area contributed by atoms with E-state index in [2.05, 4.69) is 45.4 Å². The summed E-state index contributed by atoms with van der Waals surface area (Å²) >= 11 is 0. The van der Waals surface area contributed by atoms with Gasteiger partial charge in [0.15, 0.2) is 0 Å². The van der Waals surface area contributed by atoms with Crippen LogP contribution in [-0.4, -0.2) is 60.6 Å². The summed E-state index contributed by atoms with van der Waals surface area (Å²) in [7, 11) is 0. The molecule has 0 atom stereocenters. The first-order valence-corrected chi connectivity index (χ1v) is 11.7. The number of benzene rings is 2. The number of nitrogens with one attached hydrogen (secondary N) is 1. The van der Waals surface area contributed by atoms with Crippen molar-refractivity contribution in [2.45, 2.75) is 44.2 Å². The average Bonchev–Trinajstić information content (AvgIpc) is 2.81. The molecule has 1 N–H and O–H groups in total. The topological polar surface area (TPSA) is 44.8 Å². The number of hydrogen-bond donors (Lipinski definition) is 1. The molecule has 2 fully saturated rings. The first-order valence-electron chi connectivity index (χ1n) is 11.7. The quantitative estimate of drug-likeness (QED) is 0.695. The van der Waals surface area contributed by atoms with Gasteiger partial charge in [-0.3, -0.25) is 14.6 Å². The van der Waals surface area contributed by atoms with E-state index in [4.69, 9.17) is 4.74 Å². The van der Waals surface area contributed by atoms with Crippen LogP contribution in [0.5, 0.6) is 0 Å². The molecule has 0 bridgehead atoms. The number of amides is 1. The highest BCUT2D eigenvalue weighted by atomic mass is 16.5. The van der Waals surface area contributed by atoms with Gasteiger partial charge in [0, 0.05) is 63.6 Å². The Balaban J connectivity index is 1.28. The lowest BCUT2D eigenvalue weighted by Gasteiger charge is -2.50. The Morgan fingerprint density at radius 1 is 0.903 bits per heavy atom. The molecule has 1 amide bonds. The molecule has 0 saturated carbocycles. The third kappa shape index (κ3) is 6.16. The second-order valence-electron chi connectivity index (χ2n) is 8.85. The highest BCUT2D eigenvalue weighted by Crippen LogP contribution is 2.34. The van der Waals surface area contributed by atoms with Gasteiger partial charge in [-0.25, -0.2) is 0 Å². The van der Waals surface area contributed by atoms with Gasteiger partial charge in [0.2, 0.25) is 5.91 Å². The second kappa shape index (κ2) is 10.9. The molecule has 0 radical (unpaired) electrons. The minimum atomic E-state index is 0.112. The highest BCUT2D eigenvalue weighted by Gasteiger charge is 2.39. The van der Waals surface area contributed by atoms with Crippen LogP contribution in [0.2, 0.25) is 0 Å². The van der Waals surface area contributed by atoms with E-state index in [0.717, 1.165) is 77.3 Å². The molecule has 2 aliphatic heterocycles. The molecular weight excluding hydrogens is 386 g/mol. The number of carbonyl (C=O) groups is 1. The number of rotatable bonds is 8. The van der Waals surface area contributed by atoms with Crippen LogP contribution in [0.4, 0.5) is 5.69 Å². The molecule has 0 aliphatic carbocycles. The van der Waals surface area contributed by atoms with Crippen molar-refractivity contribution in [1.82, 2.24) is 9.80 Å². The third-order valence-electron chi connectivity index (χ3n) is 6.82. The zero-order valence-electron chi connectivity index (χ0n) is 18.5. The van der Waals surface area contributed by atoms with Crippen molar-refractivity contribution in [2.75, 3.05) is 44.7 Å². The number of anilines is 1. The van der Waals surface area contributed by atoms with Gasteiger partial charge in [-0.2, -0.15) is 0 Å². The van der Waals surface area contributed by atoms with Crippen molar-refractivity contribution in [3.8, 4) is 0 Å². The number of para-hydroxylation sites is 1. The van der Waals surface area contributed by atoms with Gasteiger partial charge in [0.25, 0.3) is 0 Å². The molecule has 0 unspecified atom stereocenters. The molecule has 5 heteroatoms. The number of carbonyl (C=O) groups excluding carboxylic acids is 1. The van der Waals surface area contributed by atoms with Crippen LogP contribution in [-0.2, 0) is 16.1 Å². The molecule has 2 aliphatic rings. The third-order valence-corrected chi connectivity index (χ3v) is 6.82. The number of piperazine rings is 1. The number of hydrogen-bond acceptors (Lipinski definition) is 4. The van der Waals surface area contributed by atoms with E-state index in [0.29, 0.717) is 6.42 Å². The first-order chi connectivity index (χ1) is 15.2. The SMILES string of the molecule is O=C(CCCC1(N2CCN(Cc3ccccc3)CC2)CCOCC1)Nc1ccccc1. The van der Waals surface area contributed by atoms with E-state index in [1.54, 1.807) is 0 Å². The zero-order chi connectivity index (χ0) is 21.4. The lowest BCUT2D eigenvalue weighted by molar-refractivity contribution is -0.116. The summed E-state index contributed by atoms with van der Waals surface area (Å²) in [6, 6.07) is 20.5. The number of ether oxygens (including phenoxy) is 1. The Kier molecular flexibility index (Phi) is 7.73. The maximum absolute atomic E-state index is 12.4. The van der Waals surface area contributed by atoms with Gasteiger partial charge in [0.05, 0.1) is 0 Å². The smallest absolute Gasteiger partial charge is 0.224 e. The van der Waals surface area contributed by atoms with Crippen LogP contribution >= 0.6 is 0 Å². The molecule has 2 heterocycles. The summed E-state index contributed by atoms with van der Waals surface area (Å²) in [5, 5.41) is 3.02. The van der Waals surface area contributed by atoms with Gasteiger partial charge in [-0.1, -0.05) is 48.5 Å². The van der Waals surface area contributed by atoms with Gasteiger partial charge in [-0.15, -0.1) is 0 Å². The molecule has 0 aromatic heterocycles.